The zero-order chi connectivity index (χ0) is 28.1. The van der Waals surface area contributed by atoms with E-state index in [1.165, 1.54) is 12.8 Å². The molecule has 7 rings (SSSR count). The SMILES string of the molecule is CC12CC(CC(C(C)(C)N3C(=O)C(C(c4ccncc4)c4ccncc4)N/C3=C\C(=O)c3ccc(Br)cc3)C1)C2. The van der Waals surface area contributed by atoms with E-state index < -0.39 is 11.6 Å². The third kappa shape index (κ3) is 4.89. The minimum atomic E-state index is -0.582. The predicted octanol–water partition coefficient (Wildman–Crippen LogP) is 6.50. The largest absolute Gasteiger partial charge is 0.359 e. The first kappa shape index (κ1) is 26.9. The Morgan fingerprint density at radius 2 is 1.57 bits per heavy atom. The zero-order valence-electron chi connectivity index (χ0n) is 23.2. The van der Waals surface area contributed by atoms with E-state index in [9.17, 15) is 9.59 Å². The van der Waals surface area contributed by atoms with E-state index >= 15 is 0 Å². The van der Waals surface area contributed by atoms with E-state index in [0.717, 1.165) is 34.4 Å². The molecule has 40 heavy (non-hydrogen) atoms. The minimum absolute atomic E-state index is 0.0112. The Morgan fingerprint density at radius 3 is 2.12 bits per heavy atom. The van der Waals surface area contributed by atoms with Crippen LogP contribution in [0.4, 0.5) is 0 Å². The number of rotatable bonds is 7. The number of allylic oxidation sites excluding steroid dienone is 1. The lowest BCUT2D eigenvalue weighted by Crippen LogP contribution is -2.56. The average molecular weight is 600 g/mol. The van der Waals surface area contributed by atoms with E-state index in [0.29, 0.717) is 22.7 Å². The molecule has 7 heteroatoms. The molecule has 3 saturated carbocycles. The maximum absolute atomic E-state index is 14.6. The number of nitrogens with one attached hydrogen (secondary N) is 1. The molecular weight excluding hydrogens is 564 g/mol. The molecule has 2 atom stereocenters. The number of carbonyl (C=O) groups excluding carboxylic acids is 2. The van der Waals surface area contributed by atoms with Crippen LogP contribution in [0.2, 0.25) is 0 Å². The van der Waals surface area contributed by atoms with Crippen molar-refractivity contribution < 1.29 is 9.59 Å². The fourth-order valence-electron chi connectivity index (χ4n) is 7.48. The van der Waals surface area contributed by atoms with Crippen molar-refractivity contribution in [1.29, 1.82) is 0 Å². The molecule has 3 aromatic rings. The van der Waals surface area contributed by atoms with Crippen LogP contribution in [-0.4, -0.2) is 38.1 Å². The van der Waals surface area contributed by atoms with Crippen LogP contribution in [0.3, 0.4) is 0 Å². The Kier molecular flexibility index (Phi) is 6.89. The first-order chi connectivity index (χ1) is 19.1. The summed E-state index contributed by atoms with van der Waals surface area (Å²) < 4.78 is 0.913. The summed E-state index contributed by atoms with van der Waals surface area (Å²) in [6.07, 6.45) is 13.4. The van der Waals surface area contributed by atoms with Crippen molar-refractivity contribution in [3.63, 3.8) is 0 Å². The average Bonchev–Trinajstić information content (AvgIpc) is 3.25. The van der Waals surface area contributed by atoms with Crippen LogP contribution in [-0.2, 0) is 4.79 Å². The molecule has 4 aliphatic rings. The molecule has 2 bridgehead atoms. The van der Waals surface area contributed by atoms with Crippen molar-refractivity contribution in [2.45, 2.75) is 64.0 Å². The first-order valence-electron chi connectivity index (χ1n) is 14.1. The lowest BCUT2D eigenvalue weighted by atomic mass is 9.50. The van der Waals surface area contributed by atoms with Gasteiger partial charge in [0.25, 0.3) is 5.91 Å². The summed E-state index contributed by atoms with van der Waals surface area (Å²) in [5, 5.41) is 3.54. The highest BCUT2D eigenvalue weighted by Gasteiger charge is 2.55. The van der Waals surface area contributed by atoms with Gasteiger partial charge in [-0.15, -0.1) is 0 Å². The maximum atomic E-state index is 14.6. The molecule has 0 spiro atoms. The predicted molar refractivity (Wildman–Crippen MR) is 158 cm³/mol. The number of hydrogen-bond acceptors (Lipinski definition) is 5. The van der Waals surface area contributed by atoms with Gasteiger partial charge in [0, 0.05) is 52.4 Å². The van der Waals surface area contributed by atoms with E-state index in [2.05, 4.69) is 52.0 Å². The number of carbonyl (C=O) groups is 2. The third-order valence-corrected chi connectivity index (χ3v) is 9.92. The molecule has 4 fully saturated rings. The summed E-state index contributed by atoms with van der Waals surface area (Å²) in [5.41, 5.74) is 2.44. The second kappa shape index (κ2) is 10.3. The van der Waals surface area contributed by atoms with Gasteiger partial charge < -0.3 is 5.32 Å². The molecule has 1 amide bonds. The van der Waals surface area contributed by atoms with Gasteiger partial charge in [-0.25, -0.2) is 0 Å². The lowest BCUT2D eigenvalue weighted by molar-refractivity contribution is -0.138. The molecular formula is C33H35BrN4O2. The maximum Gasteiger partial charge on any atom is 0.252 e. The van der Waals surface area contributed by atoms with Crippen LogP contribution in [0.25, 0.3) is 0 Å². The number of aromatic nitrogens is 2. The Hall–Kier alpha value is -3.32. The summed E-state index contributed by atoms with van der Waals surface area (Å²) >= 11 is 3.45. The van der Waals surface area contributed by atoms with Crippen molar-refractivity contribution in [1.82, 2.24) is 20.2 Å². The minimum Gasteiger partial charge on any atom is -0.359 e. The number of nitrogens with zero attached hydrogens (tertiary/aromatic N) is 3. The van der Waals surface area contributed by atoms with E-state index in [1.807, 2.05) is 41.3 Å². The van der Waals surface area contributed by atoms with Gasteiger partial charge in [-0.2, -0.15) is 0 Å². The van der Waals surface area contributed by atoms with Crippen molar-refractivity contribution in [3.8, 4) is 0 Å². The molecule has 1 aromatic carbocycles. The summed E-state index contributed by atoms with van der Waals surface area (Å²) in [6.45, 7) is 6.74. The summed E-state index contributed by atoms with van der Waals surface area (Å²) in [7, 11) is 0. The normalized spacial score (nSPS) is 27.0. The topological polar surface area (TPSA) is 75.2 Å². The van der Waals surface area contributed by atoms with Crippen LogP contribution in [0.15, 0.2) is 89.7 Å². The van der Waals surface area contributed by atoms with E-state index in [-0.39, 0.29) is 17.6 Å². The number of hydrogen-bond donors (Lipinski definition) is 1. The molecule has 6 nitrogen and oxygen atoms in total. The number of halogens is 1. The fraction of sp³-hybridized carbons (Fsp3) is 0.394. The highest BCUT2D eigenvalue weighted by molar-refractivity contribution is 9.10. The molecule has 2 unspecified atom stereocenters. The smallest absolute Gasteiger partial charge is 0.252 e. The Labute approximate surface area is 244 Å². The summed E-state index contributed by atoms with van der Waals surface area (Å²) in [4.78, 5) is 38.4. The Balaban J connectivity index is 1.42. The third-order valence-electron chi connectivity index (χ3n) is 9.39. The second-order valence-corrected chi connectivity index (χ2v) is 13.5. The van der Waals surface area contributed by atoms with Crippen LogP contribution >= 0.6 is 15.9 Å². The van der Waals surface area contributed by atoms with Gasteiger partial charge in [-0.05, 0) is 116 Å². The van der Waals surface area contributed by atoms with Crippen molar-refractivity contribution in [2.24, 2.45) is 17.3 Å². The van der Waals surface area contributed by atoms with Gasteiger partial charge in [-0.1, -0.05) is 22.9 Å². The molecule has 1 saturated heterocycles. The Bertz CT molecular complexity index is 1390. The Morgan fingerprint density at radius 1 is 1.00 bits per heavy atom. The number of benzene rings is 1. The highest BCUT2D eigenvalue weighted by Crippen LogP contribution is 2.60. The van der Waals surface area contributed by atoms with Gasteiger partial charge >= 0.3 is 0 Å². The van der Waals surface area contributed by atoms with Crippen molar-refractivity contribution in [3.05, 3.63) is 106 Å². The number of pyridine rings is 2. The second-order valence-electron chi connectivity index (χ2n) is 12.6. The molecule has 1 N–H and O–H groups in total. The summed E-state index contributed by atoms with van der Waals surface area (Å²) in [6, 6.07) is 14.6. The quantitative estimate of drug-likeness (QED) is 0.248. The van der Waals surface area contributed by atoms with Crippen LogP contribution in [0.5, 0.6) is 0 Å². The molecule has 3 aliphatic carbocycles. The van der Waals surface area contributed by atoms with Gasteiger partial charge in [-0.3, -0.25) is 24.5 Å². The summed E-state index contributed by atoms with van der Waals surface area (Å²) in [5.74, 6) is 1.23. The van der Waals surface area contributed by atoms with Crippen molar-refractivity contribution >= 4 is 27.6 Å². The number of ketones is 1. The molecule has 1 aliphatic heterocycles. The van der Waals surface area contributed by atoms with Crippen molar-refractivity contribution in [2.75, 3.05) is 0 Å². The number of fused-ring (bicyclic) bond motifs is 2. The molecule has 3 heterocycles. The van der Waals surface area contributed by atoms with E-state index in [1.54, 1.807) is 43.0 Å². The molecule has 2 aromatic heterocycles. The fourth-order valence-corrected chi connectivity index (χ4v) is 7.74. The van der Waals surface area contributed by atoms with Gasteiger partial charge in [0.1, 0.15) is 11.9 Å². The van der Waals surface area contributed by atoms with Crippen LogP contribution < -0.4 is 5.32 Å². The van der Waals surface area contributed by atoms with E-state index in [4.69, 9.17) is 0 Å². The first-order valence-corrected chi connectivity index (χ1v) is 14.9. The number of amides is 1. The monoisotopic (exact) mass is 598 g/mol. The standard InChI is InChI=1S/C33H35BrN4O2/c1-32(2,25-16-21-18-33(3,19-21)20-25)38-28(17-27(39)22-4-6-26(34)7-5-22)37-30(31(38)40)29(23-8-12-35-13-9-23)24-10-14-36-15-11-24/h4-15,17,21,25,29-30,37H,16,18-20H2,1-3H3/b28-17+. The van der Waals surface area contributed by atoms with Gasteiger partial charge in [0.05, 0.1) is 0 Å². The highest BCUT2D eigenvalue weighted by atomic mass is 79.9. The van der Waals surface area contributed by atoms with Gasteiger partial charge in [0.2, 0.25) is 0 Å². The molecule has 206 valence electrons. The lowest BCUT2D eigenvalue weighted by Gasteiger charge is -2.58. The van der Waals surface area contributed by atoms with Gasteiger partial charge in [0.15, 0.2) is 5.78 Å². The van der Waals surface area contributed by atoms with Crippen LogP contribution in [0.1, 0.15) is 73.9 Å². The molecule has 0 radical (unpaired) electrons. The van der Waals surface area contributed by atoms with Crippen LogP contribution in [0, 0.1) is 17.3 Å². The zero-order valence-corrected chi connectivity index (χ0v) is 24.8.